The van der Waals surface area contributed by atoms with Gasteiger partial charge in [0.05, 0.1) is 6.26 Å². The second kappa shape index (κ2) is 1.87. The van der Waals surface area contributed by atoms with Crippen LogP contribution in [0.1, 0.15) is 5.76 Å². The number of fused-ring (bicyclic) bond motifs is 1. The lowest BCUT2D eigenvalue weighted by Gasteiger charge is -1.96. The quantitative estimate of drug-likeness (QED) is 0.535. The van der Waals surface area contributed by atoms with Gasteiger partial charge in [-0.2, -0.15) is 0 Å². The minimum atomic E-state index is 0.926. The highest BCUT2D eigenvalue weighted by Crippen LogP contribution is 2.22. The molecule has 1 heteroatoms. The molecule has 1 nitrogen and oxygen atoms in total. The lowest BCUT2D eigenvalue weighted by molar-refractivity contribution is 0.518. The highest BCUT2D eigenvalue weighted by atomic mass is 16.3. The first kappa shape index (κ1) is 5.54. The molecule has 0 spiro atoms. The van der Waals surface area contributed by atoms with Crippen LogP contribution in [-0.4, -0.2) is 0 Å². The maximum absolute atomic E-state index is 5.18. The van der Waals surface area contributed by atoms with Crippen molar-refractivity contribution in [2.45, 2.75) is 6.92 Å². The van der Waals surface area contributed by atoms with Crippen molar-refractivity contribution in [3.8, 4) is 11.1 Å². The van der Waals surface area contributed by atoms with Gasteiger partial charge in [-0.1, -0.05) is 12.1 Å². The molecule has 0 N–H and O–H groups in total. The molecule has 2 aliphatic rings. The lowest BCUT2D eigenvalue weighted by atomic mass is 10.2. The highest BCUT2D eigenvalue weighted by Gasteiger charge is 2.01. The van der Waals surface area contributed by atoms with Gasteiger partial charge in [0, 0.05) is 5.56 Å². The fourth-order valence-corrected chi connectivity index (χ4v) is 1.02. The van der Waals surface area contributed by atoms with Crippen LogP contribution in [0, 0.1) is 13.0 Å². The van der Waals surface area contributed by atoms with Crippen LogP contribution >= 0.6 is 0 Å². The Balaban J connectivity index is 2.75. The molecule has 1 heterocycles. The molecule has 1 aliphatic carbocycles. The molecule has 0 unspecified atom stereocenters. The first-order valence-corrected chi connectivity index (χ1v) is 3.22. The van der Waals surface area contributed by atoms with Crippen molar-refractivity contribution in [2.24, 2.45) is 0 Å². The summed E-state index contributed by atoms with van der Waals surface area (Å²) in [4.78, 5) is 0. The standard InChI is InChI=1S/C9H7O/c1-7-5-8-3-2-4-9(8)6-10-7/h2,4-6H,1H3. The monoisotopic (exact) mass is 131 g/mol. The Morgan fingerprint density at radius 2 is 2.40 bits per heavy atom. The zero-order valence-electron chi connectivity index (χ0n) is 5.72. The van der Waals surface area contributed by atoms with Crippen molar-refractivity contribution >= 4 is 0 Å². The largest absolute Gasteiger partial charge is 0.469 e. The van der Waals surface area contributed by atoms with Crippen LogP contribution < -0.4 is 0 Å². The van der Waals surface area contributed by atoms with Crippen molar-refractivity contribution in [1.82, 2.24) is 0 Å². The van der Waals surface area contributed by atoms with Crippen LogP contribution in [0.25, 0.3) is 11.1 Å². The summed E-state index contributed by atoms with van der Waals surface area (Å²) in [6.07, 6.45) is 1.75. The lowest BCUT2D eigenvalue weighted by Crippen LogP contribution is -1.74. The van der Waals surface area contributed by atoms with E-state index in [1.165, 1.54) is 0 Å². The van der Waals surface area contributed by atoms with E-state index in [9.17, 15) is 0 Å². The van der Waals surface area contributed by atoms with Crippen LogP contribution in [0.4, 0.5) is 0 Å². The van der Waals surface area contributed by atoms with Gasteiger partial charge in [-0.25, -0.2) is 0 Å². The molecule has 0 saturated heterocycles. The van der Waals surface area contributed by atoms with E-state index >= 15 is 0 Å². The second-order valence-corrected chi connectivity index (χ2v) is 2.34. The fourth-order valence-electron chi connectivity index (χ4n) is 1.02. The van der Waals surface area contributed by atoms with Gasteiger partial charge in [0.2, 0.25) is 0 Å². The van der Waals surface area contributed by atoms with E-state index in [-0.39, 0.29) is 0 Å². The molecule has 0 saturated carbocycles. The first-order chi connectivity index (χ1) is 4.86. The van der Waals surface area contributed by atoms with Gasteiger partial charge in [0.25, 0.3) is 0 Å². The maximum Gasteiger partial charge on any atom is 0.101 e. The van der Waals surface area contributed by atoms with E-state index < -0.39 is 0 Å². The zero-order valence-corrected chi connectivity index (χ0v) is 5.72. The summed E-state index contributed by atoms with van der Waals surface area (Å²) in [7, 11) is 0. The molecular formula is C9H7O. The molecular weight excluding hydrogens is 124 g/mol. The minimum Gasteiger partial charge on any atom is -0.469 e. The normalized spacial score (nSPS) is 10.5. The van der Waals surface area contributed by atoms with E-state index in [2.05, 4.69) is 6.07 Å². The summed E-state index contributed by atoms with van der Waals surface area (Å²) in [5.41, 5.74) is 2.24. The van der Waals surface area contributed by atoms with Crippen molar-refractivity contribution in [2.75, 3.05) is 0 Å². The third kappa shape index (κ3) is 0.711. The van der Waals surface area contributed by atoms with Gasteiger partial charge in [0.15, 0.2) is 0 Å². The van der Waals surface area contributed by atoms with Crippen molar-refractivity contribution < 1.29 is 4.42 Å². The van der Waals surface area contributed by atoms with Crippen molar-refractivity contribution in [3.05, 3.63) is 36.3 Å². The first-order valence-electron chi connectivity index (χ1n) is 3.22. The SMILES string of the molecule is Cc1cc2[c]ccc-2co1. The van der Waals surface area contributed by atoms with E-state index in [1.807, 2.05) is 25.1 Å². The zero-order chi connectivity index (χ0) is 6.97. The van der Waals surface area contributed by atoms with Gasteiger partial charge in [0.1, 0.15) is 5.76 Å². The van der Waals surface area contributed by atoms with Gasteiger partial charge in [-0.05, 0) is 24.6 Å². The molecule has 0 amide bonds. The number of rotatable bonds is 0. The molecule has 0 aromatic carbocycles. The van der Waals surface area contributed by atoms with Crippen molar-refractivity contribution in [1.29, 1.82) is 0 Å². The summed E-state index contributed by atoms with van der Waals surface area (Å²) < 4.78 is 5.18. The smallest absolute Gasteiger partial charge is 0.101 e. The summed E-state index contributed by atoms with van der Waals surface area (Å²) in [5, 5.41) is 0. The van der Waals surface area contributed by atoms with Crippen LogP contribution in [-0.2, 0) is 0 Å². The minimum absolute atomic E-state index is 0.926. The van der Waals surface area contributed by atoms with Gasteiger partial charge in [-0.15, -0.1) is 0 Å². The predicted octanol–water partition coefficient (Wildman–Crippen LogP) is 2.49. The van der Waals surface area contributed by atoms with E-state index in [1.54, 1.807) is 6.26 Å². The van der Waals surface area contributed by atoms with E-state index in [4.69, 9.17) is 4.42 Å². The summed E-state index contributed by atoms with van der Waals surface area (Å²) in [5.74, 6) is 0.926. The van der Waals surface area contributed by atoms with Crippen LogP contribution in [0.3, 0.4) is 0 Å². The molecule has 0 aromatic rings. The number of hydrogen-bond donors (Lipinski definition) is 0. The maximum atomic E-state index is 5.18. The van der Waals surface area contributed by atoms with Crippen LogP contribution in [0.5, 0.6) is 0 Å². The molecule has 1 radical (unpaired) electrons. The molecule has 2 rings (SSSR count). The molecule has 0 atom stereocenters. The average molecular weight is 131 g/mol. The average Bonchev–Trinajstić information content (AvgIpc) is 2.33. The Kier molecular flexibility index (Phi) is 1.04. The second-order valence-electron chi connectivity index (χ2n) is 2.34. The molecule has 0 aromatic heterocycles. The van der Waals surface area contributed by atoms with Crippen LogP contribution in [0.2, 0.25) is 0 Å². The van der Waals surface area contributed by atoms with Gasteiger partial charge < -0.3 is 4.42 Å². The topological polar surface area (TPSA) is 13.1 Å². The third-order valence-electron chi connectivity index (χ3n) is 1.53. The Bertz CT molecular complexity index is 309. The molecule has 49 valence electrons. The Labute approximate surface area is 59.6 Å². The summed E-state index contributed by atoms with van der Waals surface area (Å²) >= 11 is 0. The van der Waals surface area contributed by atoms with Gasteiger partial charge in [-0.3, -0.25) is 0 Å². The van der Waals surface area contributed by atoms with E-state index in [0.29, 0.717) is 0 Å². The number of hydrogen-bond acceptors (Lipinski definition) is 1. The predicted molar refractivity (Wildman–Crippen MR) is 38.9 cm³/mol. The Morgan fingerprint density at radius 1 is 1.50 bits per heavy atom. The summed E-state index contributed by atoms with van der Waals surface area (Å²) in [6, 6.07) is 8.97. The summed E-state index contributed by atoms with van der Waals surface area (Å²) in [6.45, 7) is 1.93. The fraction of sp³-hybridized carbons (Fsp3) is 0.111. The van der Waals surface area contributed by atoms with Crippen LogP contribution in [0.15, 0.2) is 28.9 Å². The molecule has 0 bridgehead atoms. The highest BCUT2D eigenvalue weighted by molar-refractivity contribution is 5.64. The molecule has 1 aliphatic heterocycles. The van der Waals surface area contributed by atoms with Gasteiger partial charge >= 0.3 is 0 Å². The number of aryl methyl sites for hydroxylation is 1. The Morgan fingerprint density at radius 3 is 3.30 bits per heavy atom. The molecule has 0 fully saturated rings. The molecule has 10 heavy (non-hydrogen) atoms. The third-order valence-corrected chi connectivity index (χ3v) is 1.53. The van der Waals surface area contributed by atoms with E-state index in [0.717, 1.165) is 16.9 Å². The Hall–Kier alpha value is -1.24. The van der Waals surface area contributed by atoms with Crippen molar-refractivity contribution in [3.63, 3.8) is 0 Å².